The molecule has 0 bridgehead atoms. The number of aryl methyl sites for hydroxylation is 1. The molecule has 190 valence electrons. The second kappa shape index (κ2) is 10.8. The Bertz CT molecular complexity index is 1410. The van der Waals surface area contributed by atoms with E-state index in [1.54, 1.807) is 16.7 Å². The van der Waals surface area contributed by atoms with Crippen LogP contribution in [0.5, 0.6) is 5.75 Å². The largest absolute Gasteiger partial charge is 0.497 e. The number of carbonyl (C=O) groups excluding carboxylic acids is 2. The van der Waals surface area contributed by atoms with Crippen molar-refractivity contribution in [2.24, 2.45) is 0 Å². The number of aromatic nitrogens is 3. The van der Waals surface area contributed by atoms with E-state index >= 15 is 0 Å². The molecule has 8 nitrogen and oxygen atoms in total. The first kappa shape index (κ1) is 24.5. The highest BCUT2D eigenvalue weighted by Gasteiger charge is 2.35. The molecular formula is C29H31N5O3. The Kier molecular flexibility index (Phi) is 7.16. The highest BCUT2D eigenvalue weighted by atomic mass is 16.5. The first-order valence-electron chi connectivity index (χ1n) is 12.6. The molecular weight excluding hydrogens is 466 g/mol. The number of ether oxygens (including phenoxy) is 1. The highest BCUT2D eigenvalue weighted by molar-refractivity contribution is 6.01. The van der Waals surface area contributed by atoms with Gasteiger partial charge in [0.05, 0.1) is 12.6 Å². The molecule has 0 radical (unpaired) electrons. The van der Waals surface area contributed by atoms with Gasteiger partial charge in [0.1, 0.15) is 23.9 Å². The van der Waals surface area contributed by atoms with E-state index in [0.717, 1.165) is 36.8 Å². The lowest BCUT2D eigenvalue weighted by molar-refractivity contribution is -0.127. The second-order valence-electron chi connectivity index (χ2n) is 9.51. The van der Waals surface area contributed by atoms with Crippen LogP contribution < -0.4 is 15.0 Å². The molecule has 37 heavy (non-hydrogen) atoms. The molecule has 5 rings (SSSR count). The van der Waals surface area contributed by atoms with Gasteiger partial charge in [-0.15, -0.1) is 5.10 Å². The van der Waals surface area contributed by atoms with E-state index in [2.05, 4.69) is 15.6 Å². The van der Waals surface area contributed by atoms with Gasteiger partial charge in [0.2, 0.25) is 11.8 Å². The Hall–Kier alpha value is -4.20. The quantitative estimate of drug-likeness (QED) is 0.385. The molecule has 8 heteroatoms. The number of amides is 2. The zero-order valence-corrected chi connectivity index (χ0v) is 21.1. The fourth-order valence-electron chi connectivity index (χ4n) is 5.03. The summed E-state index contributed by atoms with van der Waals surface area (Å²) in [5.41, 5.74) is 3.77. The first-order valence-corrected chi connectivity index (χ1v) is 12.6. The monoisotopic (exact) mass is 497 g/mol. The maximum Gasteiger partial charge on any atom is 0.249 e. The van der Waals surface area contributed by atoms with Crippen LogP contribution in [0.15, 0.2) is 72.8 Å². The molecule has 0 spiro atoms. The van der Waals surface area contributed by atoms with Gasteiger partial charge in [-0.05, 0) is 67.3 Å². The van der Waals surface area contributed by atoms with E-state index in [1.165, 1.54) is 0 Å². The van der Waals surface area contributed by atoms with Crippen molar-refractivity contribution < 1.29 is 14.3 Å². The molecule has 1 aromatic heterocycles. The van der Waals surface area contributed by atoms with Crippen LogP contribution in [-0.4, -0.2) is 40.0 Å². The summed E-state index contributed by atoms with van der Waals surface area (Å²) in [6.07, 6.45) is 4.07. The normalized spacial score (nSPS) is 14.4. The highest BCUT2D eigenvalue weighted by Crippen LogP contribution is 2.32. The minimum Gasteiger partial charge on any atom is -0.497 e. The Morgan fingerprint density at radius 2 is 1.84 bits per heavy atom. The summed E-state index contributed by atoms with van der Waals surface area (Å²) in [7, 11) is 1.59. The number of carbonyl (C=O) groups is 2. The maximum atomic E-state index is 14.1. The van der Waals surface area contributed by atoms with Gasteiger partial charge < -0.3 is 10.1 Å². The Balaban J connectivity index is 1.58. The van der Waals surface area contributed by atoms with Gasteiger partial charge >= 0.3 is 0 Å². The Labute approximate surface area is 216 Å². The summed E-state index contributed by atoms with van der Waals surface area (Å²) in [5, 5.41) is 11.6. The van der Waals surface area contributed by atoms with Gasteiger partial charge in [-0.1, -0.05) is 54.5 Å². The van der Waals surface area contributed by atoms with Gasteiger partial charge in [0.25, 0.3) is 0 Å². The number of benzene rings is 3. The van der Waals surface area contributed by atoms with Crippen molar-refractivity contribution in [3.05, 3.63) is 83.9 Å². The lowest BCUT2D eigenvalue weighted by Gasteiger charge is -2.32. The van der Waals surface area contributed by atoms with Crippen molar-refractivity contribution in [2.75, 3.05) is 12.0 Å². The average Bonchev–Trinajstić information content (AvgIpc) is 3.57. The van der Waals surface area contributed by atoms with Gasteiger partial charge in [-0.3, -0.25) is 14.5 Å². The van der Waals surface area contributed by atoms with Gasteiger partial charge in [0, 0.05) is 11.7 Å². The van der Waals surface area contributed by atoms with E-state index in [1.807, 2.05) is 79.7 Å². The smallest absolute Gasteiger partial charge is 0.249 e. The SMILES string of the molecule is COc1cccc([C@H](C(=O)NC2CCCC2)N(C(=O)Cn2nnc3ccccc32)c2cccc(C)c2)c1. The van der Waals surface area contributed by atoms with Crippen LogP contribution in [0.1, 0.15) is 42.9 Å². The van der Waals surface area contributed by atoms with E-state index in [-0.39, 0.29) is 24.4 Å². The zero-order chi connectivity index (χ0) is 25.8. The molecule has 1 N–H and O–H groups in total. The molecule has 1 aliphatic carbocycles. The lowest BCUT2D eigenvalue weighted by Crippen LogP contribution is -2.47. The van der Waals surface area contributed by atoms with Gasteiger partial charge in [0.15, 0.2) is 0 Å². The van der Waals surface area contributed by atoms with Crippen LogP contribution in [0.4, 0.5) is 5.69 Å². The van der Waals surface area contributed by atoms with Crippen molar-refractivity contribution >= 4 is 28.5 Å². The van der Waals surface area contributed by atoms with Crippen molar-refractivity contribution in [1.29, 1.82) is 0 Å². The third-order valence-electron chi connectivity index (χ3n) is 6.87. The van der Waals surface area contributed by atoms with Crippen molar-refractivity contribution in [2.45, 2.75) is 51.2 Å². The summed E-state index contributed by atoms with van der Waals surface area (Å²) in [5.74, 6) is 0.143. The van der Waals surface area contributed by atoms with Crippen LogP contribution in [-0.2, 0) is 16.1 Å². The van der Waals surface area contributed by atoms with E-state index < -0.39 is 6.04 Å². The number of rotatable bonds is 8. The first-order chi connectivity index (χ1) is 18.0. The third kappa shape index (κ3) is 5.33. The Morgan fingerprint density at radius 1 is 1.05 bits per heavy atom. The van der Waals surface area contributed by atoms with Gasteiger partial charge in [-0.25, -0.2) is 4.68 Å². The summed E-state index contributed by atoms with van der Waals surface area (Å²) in [6.45, 7) is 1.90. The summed E-state index contributed by atoms with van der Waals surface area (Å²) >= 11 is 0. The molecule has 1 fully saturated rings. The number of anilines is 1. The molecule has 1 saturated carbocycles. The predicted octanol–water partition coefficient (Wildman–Crippen LogP) is 4.58. The maximum absolute atomic E-state index is 14.1. The molecule has 2 amide bonds. The van der Waals surface area contributed by atoms with E-state index in [4.69, 9.17) is 4.74 Å². The van der Waals surface area contributed by atoms with Crippen molar-refractivity contribution in [1.82, 2.24) is 20.3 Å². The molecule has 0 unspecified atom stereocenters. The van der Waals surface area contributed by atoms with Crippen LogP contribution >= 0.6 is 0 Å². The molecule has 1 aliphatic rings. The number of methoxy groups -OCH3 is 1. The summed E-state index contributed by atoms with van der Waals surface area (Å²) in [4.78, 5) is 29.6. The zero-order valence-electron chi connectivity index (χ0n) is 21.1. The topological polar surface area (TPSA) is 89.4 Å². The molecule has 1 atom stereocenters. The van der Waals surface area contributed by atoms with Gasteiger partial charge in [-0.2, -0.15) is 0 Å². The third-order valence-corrected chi connectivity index (χ3v) is 6.87. The predicted molar refractivity (Wildman–Crippen MR) is 142 cm³/mol. The van der Waals surface area contributed by atoms with Crippen LogP contribution in [0, 0.1) is 6.92 Å². The number of nitrogens with one attached hydrogen (secondary N) is 1. The van der Waals surface area contributed by atoms with Crippen molar-refractivity contribution in [3.8, 4) is 5.75 Å². The summed E-state index contributed by atoms with van der Waals surface area (Å²) < 4.78 is 7.04. The number of fused-ring (bicyclic) bond motifs is 1. The summed E-state index contributed by atoms with van der Waals surface area (Å²) in [6, 6.07) is 21.7. The van der Waals surface area contributed by atoms with E-state index in [0.29, 0.717) is 22.5 Å². The second-order valence-corrected chi connectivity index (χ2v) is 9.51. The van der Waals surface area contributed by atoms with E-state index in [9.17, 15) is 9.59 Å². The molecule has 0 saturated heterocycles. The number of nitrogens with zero attached hydrogens (tertiary/aromatic N) is 4. The fraction of sp³-hybridized carbons (Fsp3) is 0.310. The lowest BCUT2D eigenvalue weighted by atomic mass is 10.0. The number of hydrogen-bond donors (Lipinski definition) is 1. The molecule has 1 heterocycles. The van der Waals surface area contributed by atoms with Crippen LogP contribution in [0.3, 0.4) is 0 Å². The molecule has 0 aliphatic heterocycles. The van der Waals surface area contributed by atoms with Crippen molar-refractivity contribution in [3.63, 3.8) is 0 Å². The standard InChI is InChI=1S/C29H31N5O3/c1-20-9-7-13-23(17-20)34(27(35)19-33-26-16-6-5-15-25(26)31-32-33)28(21-10-8-14-24(18-21)37-2)29(36)30-22-11-3-4-12-22/h5-10,13-18,22,28H,3-4,11-12,19H2,1-2H3,(H,30,36)/t28-/m1/s1. The van der Waals surface area contributed by atoms with Crippen LogP contribution in [0.2, 0.25) is 0 Å². The number of hydrogen-bond acceptors (Lipinski definition) is 5. The number of para-hydroxylation sites is 1. The molecule has 3 aromatic carbocycles. The van der Waals surface area contributed by atoms with Crippen LogP contribution in [0.25, 0.3) is 11.0 Å². The fourth-order valence-corrected chi connectivity index (χ4v) is 5.03. The average molecular weight is 498 g/mol. The minimum absolute atomic E-state index is 0.0639. The minimum atomic E-state index is -0.889. The Morgan fingerprint density at radius 3 is 2.62 bits per heavy atom. The molecule has 4 aromatic rings.